The van der Waals surface area contributed by atoms with Gasteiger partial charge in [0.25, 0.3) is 5.69 Å². The minimum absolute atomic E-state index is 0.0131. The van der Waals surface area contributed by atoms with E-state index in [0.29, 0.717) is 18.8 Å². The average Bonchev–Trinajstić information content (AvgIpc) is 3.10. The SMILES string of the molecule is O=C(NC[C@H]1CCO[C@H]1c1ccccc1)Nc1ccc([N+](=O)[O-])cc1. The van der Waals surface area contributed by atoms with E-state index in [-0.39, 0.29) is 23.7 Å². The number of amides is 2. The van der Waals surface area contributed by atoms with Crippen LogP contribution >= 0.6 is 0 Å². The van der Waals surface area contributed by atoms with Gasteiger partial charge in [0.1, 0.15) is 0 Å². The molecule has 1 saturated heterocycles. The van der Waals surface area contributed by atoms with Crippen molar-refractivity contribution < 1.29 is 14.5 Å². The Hall–Kier alpha value is -2.93. The van der Waals surface area contributed by atoms with E-state index in [4.69, 9.17) is 4.74 Å². The van der Waals surface area contributed by atoms with Crippen LogP contribution in [0.4, 0.5) is 16.2 Å². The van der Waals surface area contributed by atoms with Crippen LogP contribution in [0.2, 0.25) is 0 Å². The first-order chi connectivity index (χ1) is 12.1. The molecular formula is C18H19N3O4. The molecule has 0 saturated carbocycles. The summed E-state index contributed by atoms with van der Waals surface area (Å²) in [7, 11) is 0. The molecule has 1 fully saturated rings. The second-order valence-corrected chi connectivity index (χ2v) is 5.89. The molecule has 0 spiro atoms. The van der Waals surface area contributed by atoms with Crippen molar-refractivity contribution in [3.8, 4) is 0 Å². The number of carbonyl (C=O) groups is 1. The van der Waals surface area contributed by atoms with Gasteiger partial charge in [0, 0.05) is 36.9 Å². The molecule has 1 aliphatic heterocycles. The highest BCUT2D eigenvalue weighted by Crippen LogP contribution is 2.33. The lowest BCUT2D eigenvalue weighted by Gasteiger charge is -2.19. The highest BCUT2D eigenvalue weighted by Gasteiger charge is 2.29. The van der Waals surface area contributed by atoms with Gasteiger partial charge < -0.3 is 15.4 Å². The van der Waals surface area contributed by atoms with E-state index in [0.717, 1.165) is 12.0 Å². The number of anilines is 1. The fraction of sp³-hybridized carbons (Fsp3) is 0.278. The molecule has 2 aromatic rings. The first-order valence-electron chi connectivity index (χ1n) is 8.09. The van der Waals surface area contributed by atoms with E-state index in [1.54, 1.807) is 0 Å². The molecule has 0 unspecified atom stereocenters. The lowest BCUT2D eigenvalue weighted by atomic mass is 9.95. The van der Waals surface area contributed by atoms with E-state index in [2.05, 4.69) is 10.6 Å². The topological polar surface area (TPSA) is 93.5 Å². The molecule has 1 heterocycles. The van der Waals surface area contributed by atoms with Crippen molar-refractivity contribution in [2.75, 3.05) is 18.5 Å². The minimum atomic E-state index is -0.479. The zero-order valence-electron chi connectivity index (χ0n) is 13.6. The number of rotatable bonds is 5. The average molecular weight is 341 g/mol. The van der Waals surface area contributed by atoms with Crippen LogP contribution in [0, 0.1) is 16.0 Å². The number of non-ortho nitro benzene ring substituents is 1. The molecule has 1 aliphatic rings. The smallest absolute Gasteiger partial charge is 0.319 e. The summed E-state index contributed by atoms with van der Waals surface area (Å²) in [5.74, 6) is 0.213. The number of benzene rings is 2. The highest BCUT2D eigenvalue weighted by molar-refractivity contribution is 5.89. The molecular weight excluding hydrogens is 322 g/mol. The van der Waals surface area contributed by atoms with Crippen molar-refractivity contribution in [1.82, 2.24) is 5.32 Å². The molecule has 2 atom stereocenters. The van der Waals surface area contributed by atoms with Crippen molar-refractivity contribution in [3.05, 3.63) is 70.3 Å². The van der Waals surface area contributed by atoms with Crippen LogP contribution in [0.5, 0.6) is 0 Å². The third-order valence-corrected chi connectivity index (χ3v) is 4.20. The summed E-state index contributed by atoms with van der Waals surface area (Å²) < 4.78 is 5.80. The summed E-state index contributed by atoms with van der Waals surface area (Å²) in [5, 5.41) is 16.1. The Bertz CT molecular complexity index is 734. The summed E-state index contributed by atoms with van der Waals surface area (Å²) in [6, 6.07) is 15.3. The van der Waals surface area contributed by atoms with Gasteiger partial charge in [-0.05, 0) is 24.1 Å². The Morgan fingerprint density at radius 3 is 2.56 bits per heavy atom. The Balaban J connectivity index is 1.52. The second kappa shape index (κ2) is 7.76. The standard InChI is InChI=1S/C18H19N3O4/c22-18(20-15-6-8-16(9-7-15)21(23)24)19-12-14-10-11-25-17(14)13-4-2-1-3-5-13/h1-9,14,17H,10-12H2,(H2,19,20,22)/t14-,17+/m1/s1. The first-order valence-corrected chi connectivity index (χ1v) is 8.09. The molecule has 2 amide bonds. The van der Waals surface area contributed by atoms with Gasteiger partial charge in [-0.2, -0.15) is 0 Å². The fourth-order valence-corrected chi connectivity index (χ4v) is 2.92. The molecule has 25 heavy (non-hydrogen) atoms. The first kappa shape index (κ1) is 16.9. The number of nitrogens with one attached hydrogen (secondary N) is 2. The number of ether oxygens (including phenoxy) is 1. The number of nitro benzene ring substituents is 1. The van der Waals surface area contributed by atoms with Crippen LogP contribution in [0.15, 0.2) is 54.6 Å². The van der Waals surface area contributed by atoms with Gasteiger partial charge in [-0.15, -0.1) is 0 Å². The normalized spacial score (nSPS) is 19.4. The van der Waals surface area contributed by atoms with Crippen LogP contribution in [-0.2, 0) is 4.74 Å². The minimum Gasteiger partial charge on any atom is -0.373 e. The quantitative estimate of drug-likeness (QED) is 0.643. The van der Waals surface area contributed by atoms with Crippen molar-refractivity contribution in [2.45, 2.75) is 12.5 Å². The molecule has 0 aromatic heterocycles. The van der Waals surface area contributed by atoms with Gasteiger partial charge in [0.15, 0.2) is 0 Å². The summed E-state index contributed by atoms with van der Waals surface area (Å²) in [4.78, 5) is 22.2. The van der Waals surface area contributed by atoms with Crippen LogP contribution in [0.25, 0.3) is 0 Å². The largest absolute Gasteiger partial charge is 0.373 e. The van der Waals surface area contributed by atoms with Crippen molar-refractivity contribution in [2.24, 2.45) is 5.92 Å². The number of hydrogen-bond acceptors (Lipinski definition) is 4. The zero-order chi connectivity index (χ0) is 17.6. The zero-order valence-corrected chi connectivity index (χ0v) is 13.6. The Labute approximate surface area is 145 Å². The van der Waals surface area contributed by atoms with E-state index >= 15 is 0 Å². The molecule has 2 aromatic carbocycles. The van der Waals surface area contributed by atoms with Crippen molar-refractivity contribution >= 4 is 17.4 Å². The number of hydrogen-bond donors (Lipinski definition) is 2. The van der Waals surface area contributed by atoms with E-state index in [1.165, 1.54) is 24.3 Å². The Morgan fingerprint density at radius 2 is 1.88 bits per heavy atom. The summed E-state index contributed by atoms with van der Waals surface area (Å²) in [5.41, 5.74) is 1.60. The van der Waals surface area contributed by atoms with E-state index in [1.807, 2.05) is 30.3 Å². The fourth-order valence-electron chi connectivity index (χ4n) is 2.92. The third-order valence-electron chi connectivity index (χ3n) is 4.20. The molecule has 3 rings (SSSR count). The van der Waals surface area contributed by atoms with Crippen LogP contribution in [0.3, 0.4) is 0 Å². The lowest BCUT2D eigenvalue weighted by molar-refractivity contribution is -0.384. The summed E-state index contributed by atoms with van der Waals surface area (Å²) >= 11 is 0. The number of nitrogens with zero attached hydrogens (tertiary/aromatic N) is 1. The molecule has 2 N–H and O–H groups in total. The van der Waals surface area contributed by atoms with E-state index in [9.17, 15) is 14.9 Å². The Morgan fingerprint density at radius 1 is 1.16 bits per heavy atom. The van der Waals surface area contributed by atoms with Gasteiger partial charge >= 0.3 is 6.03 Å². The van der Waals surface area contributed by atoms with Crippen LogP contribution in [-0.4, -0.2) is 24.1 Å². The number of carbonyl (C=O) groups excluding carboxylic acids is 1. The molecule has 0 bridgehead atoms. The summed E-state index contributed by atoms with van der Waals surface area (Å²) in [6.45, 7) is 1.17. The predicted molar refractivity (Wildman–Crippen MR) is 93.4 cm³/mol. The van der Waals surface area contributed by atoms with E-state index < -0.39 is 4.92 Å². The Kier molecular flexibility index (Phi) is 5.25. The maximum atomic E-state index is 12.0. The lowest BCUT2D eigenvalue weighted by Crippen LogP contribution is -2.34. The molecule has 7 heteroatoms. The molecule has 0 radical (unpaired) electrons. The summed E-state index contributed by atoms with van der Waals surface area (Å²) in [6.07, 6.45) is 0.873. The molecule has 130 valence electrons. The highest BCUT2D eigenvalue weighted by atomic mass is 16.6. The number of urea groups is 1. The van der Waals surface area contributed by atoms with Crippen LogP contribution in [0.1, 0.15) is 18.1 Å². The number of nitro groups is 1. The van der Waals surface area contributed by atoms with Gasteiger partial charge in [0.05, 0.1) is 11.0 Å². The third kappa shape index (κ3) is 4.33. The second-order valence-electron chi connectivity index (χ2n) is 5.89. The van der Waals surface area contributed by atoms with Crippen LogP contribution < -0.4 is 10.6 Å². The monoisotopic (exact) mass is 341 g/mol. The maximum Gasteiger partial charge on any atom is 0.319 e. The predicted octanol–water partition coefficient (Wildman–Crippen LogP) is 3.49. The van der Waals surface area contributed by atoms with Gasteiger partial charge in [0.2, 0.25) is 0 Å². The van der Waals surface area contributed by atoms with Crippen molar-refractivity contribution in [3.63, 3.8) is 0 Å². The van der Waals surface area contributed by atoms with Gasteiger partial charge in [-0.1, -0.05) is 30.3 Å². The maximum absolute atomic E-state index is 12.0. The van der Waals surface area contributed by atoms with Gasteiger partial charge in [-0.25, -0.2) is 4.79 Å². The molecule has 0 aliphatic carbocycles. The molecule has 7 nitrogen and oxygen atoms in total. The van der Waals surface area contributed by atoms with Gasteiger partial charge in [-0.3, -0.25) is 10.1 Å². The van der Waals surface area contributed by atoms with Crippen molar-refractivity contribution in [1.29, 1.82) is 0 Å².